The number of Topliss-reactive ketones (excluding diaryl/α,β-unsaturated/α-hetero) is 1. The summed E-state index contributed by atoms with van der Waals surface area (Å²) in [5.41, 5.74) is 0.907. The zero-order valence-corrected chi connectivity index (χ0v) is 13.4. The van der Waals surface area contributed by atoms with Gasteiger partial charge in [-0.1, -0.05) is 11.6 Å². The molecule has 0 aliphatic carbocycles. The Kier molecular flexibility index (Phi) is 3.77. The highest BCUT2D eigenvalue weighted by molar-refractivity contribution is 6.31. The highest BCUT2D eigenvalue weighted by atomic mass is 35.5. The molecule has 2 aliphatic rings. The first-order valence-electron chi connectivity index (χ1n) is 7.29. The lowest BCUT2D eigenvalue weighted by molar-refractivity contribution is -0.00754. The molecule has 0 saturated carbocycles. The second-order valence-electron chi connectivity index (χ2n) is 5.94. The molecule has 2 aliphatic heterocycles. The molecule has 0 radical (unpaired) electrons. The van der Waals surface area contributed by atoms with Crippen LogP contribution in [0.4, 0.5) is 4.79 Å². The van der Waals surface area contributed by atoms with E-state index in [4.69, 9.17) is 21.1 Å². The Morgan fingerprint density at radius 3 is 2.68 bits per heavy atom. The summed E-state index contributed by atoms with van der Waals surface area (Å²) in [7, 11) is 1.37. The number of halogens is 1. The van der Waals surface area contributed by atoms with Gasteiger partial charge in [-0.15, -0.1) is 0 Å². The van der Waals surface area contributed by atoms with Gasteiger partial charge in [-0.3, -0.25) is 4.79 Å². The standard InChI is InChI=1S/C16H18ClNO4/c1-10-7-11(17)8-12-13(19)9-16(22-14(10)12)3-5-18(6-4-16)15(20)21-2/h7-8H,3-6,9H2,1-2H3. The van der Waals surface area contributed by atoms with E-state index in [1.165, 1.54) is 7.11 Å². The van der Waals surface area contributed by atoms with Crippen LogP contribution in [0, 0.1) is 6.92 Å². The number of carbonyl (C=O) groups excluding carboxylic acids is 2. The molecule has 1 fully saturated rings. The first-order valence-corrected chi connectivity index (χ1v) is 7.67. The smallest absolute Gasteiger partial charge is 0.409 e. The summed E-state index contributed by atoms with van der Waals surface area (Å²) in [5.74, 6) is 0.686. The van der Waals surface area contributed by atoms with Crippen molar-refractivity contribution in [1.82, 2.24) is 4.90 Å². The van der Waals surface area contributed by atoms with Gasteiger partial charge < -0.3 is 14.4 Å². The molecule has 1 aromatic carbocycles. The average molecular weight is 324 g/mol. The third-order valence-corrected chi connectivity index (χ3v) is 4.67. The maximum atomic E-state index is 12.5. The van der Waals surface area contributed by atoms with E-state index in [2.05, 4.69) is 0 Å². The molecule has 1 spiro atoms. The van der Waals surface area contributed by atoms with E-state index in [1.807, 2.05) is 6.92 Å². The summed E-state index contributed by atoms with van der Waals surface area (Å²) in [6, 6.07) is 3.47. The minimum Gasteiger partial charge on any atom is -0.486 e. The number of ether oxygens (including phenoxy) is 2. The second-order valence-corrected chi connectivity index (χ2v) is 6.38. The van der Waals surface area contributed by atoms with Gasteiger partial charge in [0.2, 0.25) is 0 Å². The Morgan fingerprint density at radius 1 is 1.36 bits per heavy atom. The number of hydrogen-bond acceptors (Lipinski definition) is 4. The van der Waals surface area contributed by atoms with Crippen LogP contribution in [0.1, 0.15) is 35.2 Å². The summed E-state index contributed by atoms with van der Waals surface area (Å²) in [6.07, 6.45) is 1.24. The molecule has 6 heteroatoms. The van der Waals surface area contributed by atoms with Crippen LogP contribution in [0.25, 0.3) is 0 Å². The number of aryl methyl sites for hydroxylation is 1. The van der Waals surface area contributed by atoms with Gasteiger partial charge in [0, 0.05) is 31.0 Å². The summed E-state index contributed by atoms with van der Waals surface area (Å²) < 4.78 is 11.0. The molecule has 1 amide bonds. The summed E-state index contributed by atoms with van der Waals surface area (Å²) in [4.78, 5) is 25.7. The number of amides is 1. The summed E-state index contributed by atoms with van der Waals surface area (Å²) >= 11 is 6.03. The van der Waals surface area contributed by atoms with Crippen molar-refractivity contribution in [1.29, 1.82) is 0 Å². The van der Waals surface area contributed by atoms with Gasteiger partial charge in [-0.25, -0.2) is 4.79 Å². The monoisotopic (exact) mass is 323 g/mol. The lowest BCUT2D eigenvalue weighted by Crippen LogP contribution is -2.52. The predicted octanol–water partition coefficient (Wildman–Crippen LogP) is 3.21. The van der Waals surface area contributed by atoms with Crippen LogP contribution in [-0.2, 0) is 4.74 Å². The van der Waals surface area contributed by atoms with Gasteiger partial charge in [0.15, 0.2) is 5.78 Å². The maximum absolute atomic E-state index is 12.5. The van der Waals surface area contributed by atoms with Gasteiger partial charge in [0.05, 0.1) is 19.1 Å². The van der Waals surface area contributed by atoms with Gasteiger partial charge in [-0.2, -0.15) is 0 Å². The number of benzene rings is 1. The first-order chi connectivity index (χ1) is 10.4. The van der Waals surface area contributed by atoms with Crippen molar-refractivity contribution in [2.24, 2.45) is 0 Å². The molecule has 0 atom stereocenters. The van der Waals surface area contributed by atoms with E-state index in [9.17, 15) is 9.59 Å². The molecule has 0 unspecified atom stereocenters. The summed E-state index contributed by atoms with van der Waals surface area (Å²) in [5, 5.41) is 0.546. The van der Waals surface area contributed by atoms with E-state index in [1.54, 1.807) is 17.0 Å². The fraction of sp³-hybridized carbons (Fsp3) is 0.500. The number of ketones is 1. The highest BCUT2D eigenvalue weighted by Crippen LogP contribution is 2.42. The number of methoxy groups -OCH3 is 1. The van der Waals surface area contributed by atoms with Crippen molar-refractivity contribution in [3.8, 4) is 5.75 Å². The Bertz CT molecular complexity index is 635. The maximum Gasteiger partial charge on any atom is 0.409 e. The van der Waals surface area contributed by atoms with Gasteiger partial charge in [0.1, 0.15) is 11.4 Å². The Balaban J connectivity index is 1.84. The molecule has 2 heterocycles. The lowest BCUT2D eigenvalue weighted by atomic mass is 9.82. The van der Waals surface area contributed by atoms with Crippen LogP contribution in [0.15, 0.2) is 12.1 Å². The van der Waals surface area contributed by atoms with E-state index < -0.39 is 5.60 Å². The predicted molar refractivity (Wildman–Crippen MR) is 81.7 cm³/mol. The van der Waals surface area contributed by atoms with Crippen molar-refractivity contribution >= 4 is 23.5 Å². The fourth-order valence-corrected chi connectivity index (χ4v) is 3.49. The van der Waals surface area contributed by atoms with Crippen LogP contribution in [0.3, 0.4) is 0 Å². The Morgan fingerprint density at radius 2 is 2.05 bits per heavy atom. The molecule has 1 saturated heterocycles. The van der Waals surface area contributed by atoms with Gasteiger partial charge >= 0.3 is 6.09 Å². The molecule has 1 aromatic rings. The summed E-state index contributed by atoms with van der Waals surface area (Å²) in [6.45, 7) is 2.95. The van der Waals surface area contributed by atoms with E-state index in [0.29, 0.717) is 48.7 Å². The second kappa shape index (κ2) is 5.47. The average Bonchev–Trinajstić information content (AvgIpc) is 2.49. The molecule has 22 heavy (non-hydrogen) atoms. The normalized spacial score (nSPS) is 19.6. The molecule has 0 bridgehead atoms. The number of hydrogen-bond donors (Lipinski definition) is 0. The zero-order valence-electron chi connectivity index (χ0n) is 12.6. The first kappa shape index (κ1) is 15.2. The van der Waals surface area contributed by atoms with E-state index in [0.717, 1.165) is 5.56 Å². The SMILES string of the molecule is COC(=O)N1CCC2(CC1)CC(=O)c1cc(Cl)cc(C)c1O2. The molecule has 0 aromatic heterocycles. The zero-order chi connectivity index (χ0) is 15.9. The quantitative estimate of drug-likeness (QED) is 0.735. The number of piperidine rings is 1. The Labute approximate surface area is 134 Å². The van der Waals surface area contributed by atoms with Crippen molar-refractivity contribution in [3.63, 3.8) is 0 Å². The molecular weight excluding hydrogens is 306 g/mol. The van der Waals surface area contributed by atoms with Crippen molar-refractivity contribution in [2.75, 3.05) is 20.2 Å². The molecule has 5 nitrogen and oxygen atoms in total. The number of likely N-dealkylation sites (tertiary alicyclic amines) is 1. The molecular formula is C16H18ClNO4. The van der Waals surface area contributed by atoms with Gasteiger partial charge in [-0.05, 0) is 24.6 Å². The van der Waals surface area contributed by atoms with Crippen molar-refractivity contribution in [3.05, 3.63) is 28.3 Å². The minimum absolute atomic E-state index is 0.0540. The highest BCUT2D eigenvalue weighted by Gasteiger charge is 2.44. The van der Waals surface area contributed by atoms with Crippen LogP contribution in [0.5, 0.6) is 5.75 Å². The third kappa shape index (κ3) is 2.54. The number of nitrogens with zero attached hydrogens (tertiary/aromatic N) is 1. The Hall–Kier alpha value is -1.75. The number of carbonyl (C=O) groups is 2. The van der Waals surface area contributed by atoms with Gasteiger partial charge in [0.25, 0.3) is 0 Å². The third-order valence-electron chi connectivity index (χ3n) is 4.45. The number of fused-ring (bicyclic) bond motifs is 1. The van der Waals surface area contributed by atoms with Crippen LogP contribution in [-0.4, -0.2) is 42.6 Å². The van der Waals surface area contributed by atoms with E-state index >= 15 is 0 Å². The van der Waals surface area contributed by atoms with E-state index in [-0.39, 0.29) is 11.9 Å². The van der Waals surface area contributed by atoms with Crippen molar-refractivity contribution < 1.29 is 19.1 Å². The van der Waals surface area contributed by atoms with Crippen LogP contribution in [0.2, 0.25) is 5.02 Å². The molecule has 0 N–H and O–H groups in total. The lowest BCUT2D eigenvalue weighted by Gasteiger charge is -2.43. The molecule has 3 rings (SSSR count). The van der Waals surface area contributed by atoms with Crippen LogP contribution < -0.4 is 4.74 Å². The largest absolute Gasteiger partial charge is 0.486 e. The topological polar surface area (TPSA) is 55.8 Å². The van der Waals surface area contributed by atoms with Crippen LogP contribution >= 0.6 is 11.6 Å². The molecule has 118 valence electrons. The van der Waals surface area contributed by atoms with Crippen molar-refractivity contribution in [2.45, 2.75) is 31.8 Å². The minimum atomic E-state index is -0.521. The number of rotatable bonds is 0. The fourth-order valence-electron chi connectivity index (χ4n) is 3.22.